The molecule has 0 radical (unpaired) electrons. The summed E-state index contributed by atoms with van der Waals surface area (Å²) in [6.45, 7) is 0.820. The minimum Gasteiger partial charge on any atom is -0.352 e. The Morgan fingerprint density at radius 3 is 2.64 bits per heavy atom. The Bertz CT molecular complexity index is 308. The van der Waals surface area contributed by atoms with Crippen molar-refractivity contribution in [2.24, 2.45) is 5.92 Å². The van der Waals surface area contributed by atoms with Gasteiger partial charge in [0, 0.05) is 12.1 Å². The van der Waals surface area contributed by atoms with Crippen LogP contribution in [0.1, 0.15) is 10.4 Å². The average Bonchev–Trinajstić information content (AvgIpc) is 2.16. The molecule has 1 aromatic carbocycles. The molecule has 74 valence electrons. The van der Waals surface area contributed by atoms with Crippen LogP contribution in [0.5, 0.6) is 0 Å². The van der Waals surface area contributed by atoms with Crippen LogP contribution in [-0.4, -0.2) is 24.0 Å². The van der Waals surface area contributed by atoms with Crippen LogP contribution in [0.3, 0.4) is 0 Å². The maximum Gasteiger partial charge on any atom is 0.251 e. The van der Waals surface area contributed by atoms with E-state index in [0.29, 0.717) is 5.92 Å². The highest BCUT2D eigenvalue weighted by Gasteiger charge is 2.18. The van der Waals surface area contributed by atoms with Gasteiger partial charge in [0.15, 0.2) is 0 Å². The number of hydrogen-bond donors (Lipinski definition) is 1. The molecule has 0 spiro atoms. The molecule has 0 atom stereocenters. The van der Waals surface area contributed by atoms with Crippen LogP contribution in [0.4, 0.5) is 0 Å². The first-order valence-corrected chi connectivity index (χ1v) is 5.93. The molecule has 0 bridgehead atoms. The van der Waals surface area contributed by atoms with Crippen LogP contribution in [0.25, 0.3) is 0 Å². The highest BCUT2D eigenvalue weighted by Crippen LogP contribution is 2.23. The minimum atomic E-state index is 0.0440. The zero-order chi connectivity index (χ0) is 9.80. The maximum atomic E-state index is 11.6. The van der Waals surface area contributed by atoms with E-state index in [2.05, 4.69) is 5.32 Å². The molecule has 1 saturated heterocycles. The van der Waals surface area contributed by atoms with Crippen LogP contribution < -0.4 is 5.32 Å². The summed E-state index contributed by atoms with van der Waals surface area (Å²) in [4.78, 5) is 11.6. The van der Waals surface area contributed by atoms with Crippen LogP contribution in [0.15, 0.2) is 30.3 Å². The standard InChI is InChI=1S/C11H13NOS/c13-11(10-4-2-1-3-5-10)12-6-9-7-14-8-9/h1-5,9H,6-8H2,(H,12,13). The van der Waals surface area contributed by atoms with Gasteiger partial charge in [-0.1, -0.05) is 18.2 Å². The van der Waals surface area contributed by atoms with E-state index in [0.717, 1.165) is 12.1 Å². The number of amides is 1. The second kappa shape index (κ2) is 4.51. The van der Waals surface area contributed by atoms with Crippen molar-refractivity contribution in [2.75, 3.05) is 18.1 Å². The van der Waals surface area contributed by atoms with Crippen LogP contribution >= 0.6 is 11.8 Å². The van der Waals surface area contributed by atoms with Crippen molar-refractivity contribution >= 4 is 17.7 Å². The van der Waals surface area contributed by atoms with Gasteiger partial charge in [-0.15, -0.1) is 0 Å². The third kappa shape index (κ3) is 2.29. The number of carbonyl (C=O) groups excluding carboxylic acids is 1. The Morgan fingerprint density at radius 1 is 1.36 bits per heavy atom. The summed E-state index contributed by atoms with van der Waals surface area (Å²) in [5.74, 6) is 3.11. The summed E-state index contributed by atoms with van der Waals surface area (Å²) in [5.41, 5.74) is 0.750. The van der Waals surface area contributed by atoms with Crippen molar-refractivity contribution < 1.29 is 4.79 Å². The predicted octanol–water partition coefficient (Wildman–Crippen LogP) is 1.78. The normalized spacial score (nSPS) is 16.0. The van der Waals surface area contributed by atoms with Crippen molar-refractivity contribution in [3.63, 3.8) is 0 Å². The van der Waals surface area contributed by atoms with Crippen molar-refractivity contribution in [1.82, 2.24) is 5.32 Å². The van der Waals surface area contributed by atoms with Crippen molar-refractivity contribution in [1.29, 1.82) is 0 Å². The summed E-state index contributed by atoms with van der Waals surface area (Å²) >= 11 is 1.94. The lowest BCUT2D eigenvalue weighted by atomic mass is 10.2. The summed E-state index contributed by atoms with van der Waals surface area (Å²) in [7, 11) is 0. The van der Waals surface area contributed by atoms with E-state index in [9.17, 15) is 4.79 Å². The number of thioether (sulfide) groups is 1. The van der Waals surface area contributed by atoms with Gasteiger partial charge in [-0.3, -0.25) is 4.79 Å². The molecule has 1 aromatic rings. The van der Waals surface area contributed by atoms with Gasteiger partial charge in [-0.25, -0.2) is 0 Å². The second-order valence-corrected chi connectivity index (χ2v) is 4.55. The molecule has 1 heterocycles. The number of rotatable bonds is 3. The highest BCUT2D eigenvalue weighted by molar-refractivity contribution is 8.00. The zero-order valence-electron chi connectivity index (χ0n) is 7.90. The molecule has 0 aliphatic carbocycles. The molecule has 3 heteroatoms. The lowest BCUT2D eigenvalue weighted by molar-refractivity contribution is 0.0949. The van der Waals surface area contributed by atoms with Gasteiger partial charge < -0.3 is 5.32 Å². The van der Waals surface area contributed by atoms with E-state index in [1.807, 2.05) is 42.1 Å². The first-order valence-electron chi connectivity index (χ1n) is 4.77. The number of hydrogen-bond acceptors (Lipinski definition) is 2. The molecule has 2 nitrogen and oxygen atoms in total. The molecule has 0 aromatic heterocycles. The fraction of sp³-hybridized carbons (Fsp3) is 0.364. The van der Waals surface area contributed by atoms with Gasteiger partial charge in [0.1, 0.15) is 0 Å². The summed E-state index contributed by atoms with van der Waals surface area (Å²) in [5, 5.41) is 2.95. The summed E-state index contributed by atoms with van der Waals surface area (Å²) in [6.07, 6.45) is 0. The Morgan fingerprint density at radius 2 is 2.07 bits per heavy atom. The van der Waals surface area contributed by atoms with Gasteiger partial charge in [0.2, 0.25) is 0 Å². The van der Waals surface area contributed by atoms with Gasteiger partial charge in [-0.2, -0.15) is 11.8 Å². The summed E-state index contributed by atoms with van der Waals surface area (Å²) < 4.78 is 0. The first-order chi connectivity index (χ1) is 6.86. The molecular formula is C11H13NOS. The summed E-state index contributed by atoms with van der Waals surface area (Å²) in [6, 6.07) is 9.36. The SMILES string of the molecule is O=C(NCC1CSC1)c1ccccc1. The lowest BCUT2D eigenvalue weighted by Gasteiger charge is -2.24. The zero-order valence-corrected chi connectivity index (χ0v) is 8.72. The van der Waals surface area contributed by atoms with Gasteiger partial charge in [0.05, 0.1) is 0 Å². The van der Waals surface area contributed by atoms with E-state index in [4.69, 9.17) is 0 Å². The van der Waals surface area contributed by atoms with Crippen molar-refractivity contribution in [3.05, 3.63) is 35.9 Å². The second-order valence-electron chi connectivity index (χ2n) is 3.48. The molecular weight excluding hydrogens is 194 g/mol. The Labute approximate surface area is 88.1 Å². The molecule has 0 saturated carbocycles. The van der Waals surface area contributed by atoms with Crippen molar-refractivity contribution in [2.45, 2.75) is 0 Å². The third-order valence-corrected chi connectivity index (χ3v) is 3.71. The lowest BCUT2D eigenvalue weighted by Crippen LogP contribution is -2.34. The smallest absolute Gasteiger partial charge is 0.251 e. The number of carbonyl (C=O) groups is 1. The molecule has 1 aliphatic heterocycles. The number of benzene rings is 1. The maximum absolute atomic E-state index is 11.6. The Balaban J connectivity index is 1.83. The predicted molar refractivity (Wildman–Crippen MR) is 59.6 cm³/mol. The van der Waals surface area contributed by atoms with E-state index in [1.54, 1.807) is 0 Å². The quantitative estimate of drug-likeness (QED) is 0.818. The molecule has 14 heavy (non-hydrogen) atoms. The third-order valence-electron chi connectivity index (χ3n) is 2.29. The van der Waals surface area contributed by atoms with Crippen LogP contribution in [-0.2, 0) is 0 Å². The average molecular weight is 207 g/mol. The van der Waals surface area contributed by atoms with Gasteiger partial charge >= 0.3 is 0 Å². The molecule has 1 amide bonds. The molecule has 1 fully saturated rings. The highest BCUT2D eigenvalue weighted by atomic mass is 32.2. The fourth-order valence-electron chi connectivity index (χ4n) is 1.33. The Hall–Kier alpha value is -0.960. The molecule has 1 N–H and O–H groups in total. The molecule has 0 unspecified atom stereocenters. The van der Waals surface area contributed by atoms with Gasteiger partial charge in [-0.05, 0) is 29.6 Å². The number of nitrogens with one attached hydrogen (secondary N) is 1. The van der Waals surface area contributed by atoms with E-state index < -0.39 is 0 Å². The van der Waals surface area contributed by atoms with Crippen LogP contribution in [0, 0.1) is 5.92 Å². The Kier molecular flexibility index (Phi) is 3.09. The minimum absolute atomic E-state index is 0.0440. The van der Waals surface area contributed by atoms with E-state index in [1.165, 1.54) is 11.5 Å². The van der Waals surface area contributed by atoms with Gasteiger partial charge in [0.25, 0.3) is 5.91 Å². The van der Waals surface area contributed by atoms with E-state index >= 15 is 0 Å². The van der Waals surface area contributed by atoms with Crippen LogP contribution in [0.2, 0.25) is 0 Å². The molecule has 1 aliphatic rings. The molecule has 2 rings (SSSR count). The monoisotopic (exact) mass is 207 g/mol. The fourth-order valence-corrected chi connectivity index (χ4v) is 2.14. The largest absolute Gasteiger partial charge is 0.352 e. The van der Waals surface area contributed by atoms with E-state index in [-0.39, 0.29) is 5.91 Å². The first kappa shape index (κ1) is 9.59. The van der Waals surface area contributed by atoms with Crippen molar-refractivity contribution in [3.8, 4) is 0 Å². The topological polar surface area (TPSA) is 29.1 Å².